The van der Waals surface area contributed by atoms with Gasteiger partial charge in [-0.05, 0) is 38.3 Å². The van der Waals surface area contributed by atoms with Crippen LogP contribution >= 0.6 is 0 Å². The third-order valence-corrected chi connectivity index (χ3v) is 3.64. The van der Waals surface area contributed by atoms with E-state index in [9.17, 15) is 9.59 Å². The monoisotopic (exact) mass is 292 g/mol. The highest BCUT2D eigenvalue weighted by Crippen LogP contribution is 2.11. The van der Waals surface area contributed by atoms with Gasteiger partial charge in [0.2, 0.25) is 0 Å². The van der Waals surface area contributed by atoms with Gasteiger partial charge >= 0.3 is 12.0 Å². The third-order valence-electron chi connectivity index (χ3n) is 3.64. The number of carboxylic acid groups (broad SMARTS) is 1. The summed E-state index contributed by atoms with van der Waals surface area (Å²) in [4.78, 5) is 24.8. The van der Waals surface area contributed by atoms with Crippen LogP contribution in [0.25, 0.3) is 0 Å². The second-order valence-corrected chi connectivity index (χ2v) is 5.80. The number of carbonyl (C=O) groups excluding carboxylic acids is 1. The molecule has 0 unspecified atom stereocenters. The summed E-state index contributed by atoms with van der Waals surface area (Å²) >= 11 is 0. The van der Waals surface area contributed by atoms with Crippen molar-refractivity contribution in [3.8, 4) is 0 Å². The summed E-state index contributed by atoms with van der Waals surface area (Å²) in [7, 11) is 1.71. The molecule has 0 heterocycles. The molecule has 0 atom stereocenters. The Hall–Kier alpha value is -2.04. The second kappa shape index (κ2) is 7.11. The first-order chi connectivity index (χ1) is 9.76. The van der Waals surface area contributed by atoms with Gasteiger partial charge in [0.25, 0.3) is 0 Å². The van der Waals surface area contributed by atoms with Gasteiger partial charge in [-0.25, -0.2) is 9.59 Å². The van der Waals surface area contributed by atoms with Gasteiger partial charge in [0.1, 0.15) is 0 Å². The van der Waals surface area contributed by atoms with Crippen LogP contribution in [0.3, 0.4) is 0 Å². The Morgan fingerprint density at radius 2 is 1.90 bits per heavy atom. The highest BCUT2D eigenvalue weighted by Gasteiger charge is 2.20. The highest BCUT2D eigenvalue weighted by atomic mass is 16.4. The number of amides is 2. The van der Waals surface area contributed by atoms with E-state index in [1.807, 2.05) is 26.8 Å². The van der Waals surface area contributed by atoms with E-state index >= 15 is 0 Å². The Morgan fingerprint density at radius 3 is 2.48 bits per heavy atom. The van der Waals surface area contributed by atoms with Crippen molar-refractivity contribution in [2.45, 2.75) is 39.2 Å². The average molecular weight is 292 g/mol. The van der Waals surface area contributed by atoms with E-state index in [4.69, 9.17) is 5.11 Å². The van der Waals surface area contributed by atoms with Crippen molar-refractivity contribution in [3.05, 3.63) is 35.4 Å². The molecule has 21 heavy (non-hydrogen) atoms. The summed E-state index contributed by atoms with van der Waals surface area (Å²) in [5, 5.41) is 12.1. The standard InChI is InChI=1S/C16H24N2O3/c1-5-16(2,3)17-15(21)18(4)11-10-12-8-6-7-9-13(12)14(19)20/h6-9H,5,10-11H2,1-4H3,(H,17,21)(H,19,20). The van der Waals surface area contributed by atoms with Gasteiger partial charge in [0.15, 0.2) is 0 Å². The van der Waals surface area contributed by atoms with Crippen LogP contribution < -0.4 is 5.32 Å². The fourth-order valence-electron chi connectivity index (χ4n) is 1.81. The van der Waals surface area contributed by atoms with Crippen LogP contribution in [-0.4, -0.2) is 41.1 Å². The molecule has 5 nitrogen and oxygen atoms in total. The Balaban J connectivity index is 2.63. The average Bonchev–Trinajstić information content (AvgIpc) is 2.44. The van der Waals surface area contributed by atoms with Gasteiger partial charge < -0.3 is 15.3 Å². The van der Waals surface area contributed by atoms with Crippen LogP contribution in [0.2, 0.25) is 0 Å². The lowest BCUT2D eigenvalue weighted by atomic mass is 10.0. The van der Waals surface area contributed by atoms with Gasteiger partial charge in [-0.1, -0.05) is 25.1 Å². The molecule has 0 saturated carbocycles. The quantitative estimate of drug-likeness (QED) is 0.847. The number of benzene rings is 1. The zero-order chi connectivity index (χ0) is 16.0. The minimum atomic E-state index is -0.940. The van der Waals surface area contributed by atoms with Crippen molar-refractivity contribution in [1.82, 2.24) is 10.2 Å². The molecule has 0 aliphatic carbocycles. The summed E-state index contributed by atoms with van der Waals surface area (Å²) in [6.45, 7) is 6.43. The molecule has 0 fully saturated rings. The van der Waals surface area contributed by atoms with Crippen LogP contribution in [0.4, 0.5) is 4.79 Å². The maximum absolute atomic E-state index is 12.1. The molecule has 0 aromatic heterocycles. The normalized spacial score (nSPS) is 11.0. The summed E-state index contributed by atoms with van der Waals surface area (Å²) in [5.41, 5.74) is 0.782. The Morgan fingerprint density at radius 1 is 1.29 bits per heavy atom. The molecule has 0 spiro atoms. The minimum Gasteiger partial charge on any atom is -0.478 e. The van der Waals surface area contributed by atoms with Crippen LogP contribution in [0.1, 0.15) is 43.1 Å². The fourth-order valence-corrected chi connectivity index (χ4v) is 1.81. The Labute approximate surface area is 126 Å². The molecule has 5 heteroatoms. The molecular weight excluding hydrogens is 268 g/mol. The van der Waals surface area contributed by atoms with E-state index in [2.05, 4.69) is 5.32 Å². The molecule has 0 radical (unpaired) electrons. The topological polar surface area (TPSA) is 69.6 Å². The van der Waals surface area contributed by atoms with Crippen LogP contribution in [0.5, 0.6) is 0 Å². The molecule has 1 aromatic rings. The van der Waals surface area contributed by atoms with Crippen LogP contribution in [0, 0.1) is 0 Å². The molecule has 2 N–H and O–H groups in total. The maximum atomic E-state index is 12.1. The fraction of sp³-hybridized carbons (Fsp3) is 0.500. The number of nitrogens with one attached hydrogen (secondary N) is 1. The van der Waals surface area contributed by atoms with Crippen molar-refractivity contribution in [1.29, 1.82) is 0 Å². The lowest BCUT2D eigenvalue weighted by Crippen LogP contribution is -2.49. The molecule has 0 saturated heterocycles. The van der Waals surface area contributed by atoms with Crippen LogP contribution in [-0.2, 0) is 6.42 Å². The first kappa shape index (κ1) is 17.0. The summed E-state index contributed by atoms with van der Waals surface area (Å²) < 4.78 is 0. The van der Waals surface area contributed by atoms with Gasteiger partial charge in [-0.3, -0.25) is 0 Å². The van der Waals surface area contributed by atoms with Gasteiger partial charge in [-0.15, -0.1) is 0 Å². The third kappa shape index (κ3) is 5.10. The lowest BCUT2D eigenvalue weighted by Gasteiger charge is -2.28. The molecule has 2 amide bonds. The van der Waals surface area contributed by atoms with Crippen molar-refractivity contribution in [2.75, 3.05) is 13.6 Å². The number of hydrogen-bond donors (Lipinski definition) is 2. The largest absolute Gasteiger partial charge is 0.478 e. The van der Waals surface area contributed by atoms with E-state index in [0.717, 1.165) is 12.0 Å². The number of nitrogens with zero attached hydrogens (tertiary/aromatic N) is 1. The maximum Gasteiger partial charge on any atom is 0.335 e. The van der Waals surface area contributed by atoms with E-state index in [1.165, 1.54) is 0 Å². The van der Waals surface area contributed by atoms with Crippen molar-refractivity contribution < 1.29 is 14.7 Å². The van der Waals surface area contributed by atoms with Crippen molar-refractivity contribution in [2.24, 2.45) is 0 Å². The molecule has 0 aliphatic rings. The number of likely N-dealkylation sites (N-methyl/N-ethyl adjacent to an activating group) is 1. The van der Waals surface area contributed by atoms with E-state index in [-0.39, 0.29) is 11.6 Å². The zero-order valence-electron chi connectivity index (χ0n) is 13.1. The summed E-state index contributed by atoms with van der Waals surface area (Å²) in [6.07, 6.45) is 1.35. The van der Waals surface area contributed by atoms with E-state index < -0.39 is 5.97 Å². The predicted octanol–water partition coefficient (Wildman–Crippen LogP) is 2.76. The molecule has 1 aromatic carbocycles. The van der Waals surface area contributed by atoms with Crippen molar-refractivity contribution >= 4 is 12.0 Å². The molecule has 0 aliphatic heterocycles. The van der Waals surface area contributed by atoms with Gasteiger partial charge in [0.05, 0.1) is 5.56 Å². The van der Waals surface area contributed by atoms with Crippen molar-refractivity contribution in [3.63, 3.8) is 0 Å². The number of aromatic carboxylic acids is 1. The van der Waals surface area contributed by atoms with Gasteiger partial charge in [-0.2, -0.15) is 0 Å². The number of rotatable bonds is 6. The zero-order valence-corrected chi connectivity index (χ0v) is 13.1. The smallest absolute Gasteiger partial charge is 0.335 e. The molecule has 1 rings (SSSR count). The number of urea groups is 1. The van der Waals surface area contributed by atoms with Gasteiger partial charge in [0, 0.05) is 19.1 Å². The molecular formula is C16H24N2O3. The second-order valence-electron chi connectivity index (χ2n) is 5.80. The summed E-state index contributed by atoms with van der Waals surface area (Å²) in [5.74, 6) is -0.940. The number of carboxylic acids is 1. The SMILES string of the molecule is CCC(C)(C)NC(=O)N(C)CCc1ccccc1C(=O)O. The first-order valence-electron chi connectivity index (χ1n) is 7.11. The lowest BCUT2D eigenvalue weighted by molar-refractivity contribution is 0.0695. The van der Waals surface area contributed by atoms with E-state index in [0.29, 0.717) is 18.5 Å². The van der Waals surface area contributed by atoms with E-state index in [1.54, 1.807) is 30.1 Å². The predicted molar refractivity (Wildman–Crippen MR) is 82.6 cm³/mol. The summed E-state index contributed by atoms with van der Waals surface area (Å²) in [6, 6.07) is 6.73. The number of carbonyl (C=O) groups is 2. The van der Waals surface area contributed by atoms with Crippen LogP contribution in [0.15, 0.2) is 24.3 Å². The Kier molecular flexibility index (Phi) is 5.76. The Bertz CT molecular complexity index is 512. The molecule has 0 bridgehead atoms. The number of hydrogen-bond acceptors (Lipinski definition) is 2. The first-order valence-corrected chi connectivity index (χ1v) is 7.11. The minimum absolute atomic E-state index is 0.144. The molecule has 116 valence electrons. The highest BCUT2D eigenvalue weighted by molar-refractivity contribution is 5.89.